The van der Waals surface area contributed by atoms with Gasteiger partial charge in [-0.15, -0.1) is 0 Å². The predicted molar refractivity (Wildman–Crippen MR) is 75.5 cm³/mol. The Labute approximate surface area is 120 Å². The minimum absolute atomic E-state index is 0.108. The highest BCUT2D eigenvalue weighted by molar-refractivity contribution is 7.89. The number of anilines is 1. The molecule has 0 radical (unpaired) electrons. The molecule has 1 aromatic carbocycles. The first kappa shape index (κ1) is 14.9. The molecule has 0 saturated heterocycles. The maximum atomic E-state index is 12.0. The van der Waals surface area contributed by atoms with Crippen molar-refractivity contribution in [2.45, 2.75) is 11.8 Å². The molecule has 8 heteroatoms. The van der Waals surface area contributed by atoms with Crippen LogP contribution in [0.5, 0.6) is 0 Å². The molecule has 0 bridgehead atoms. The van der Waals surface area contributed by atoms with Crippen molar-refractivity contribution >= 4 is 21.6 Å². The average molecular weight is 308 g/mol. The Morgan fingerprint density at radius 1 is 1.24 bits per heavy atom. The van der Waals surface area contributed by atoms with Crippen molar-refractivity contribution in [1.29, 1.82) is 0 Å². The van der Waals surface area contributed by atoms with E-state index in [4.69, 9.17) is 5.14 Å². The Morgan fingerprint density at radius 3 is 2.52 bits per heavy atom. The Kier molecular flexibility index (Phi) is 3.92. The first-order chi connectivity index (χ1) is 9.77. The zero-order valence-electron chi connectivity index (χ0n) is 11.0. The summed E-state index contributed by atoms with van der Waals surface area (Å²) >= 11 is 0. The number of hydrogen-bond acceptors (Lipinski definition) is 5. The number of benzene rings is 1. The van der Waals surface area contributed by atoms with Gasteiger partial charge in [0.25, 0.3) is 5.91 Å². The summed E-state index contributed by atoms with van der Waals surface area (Å²) in [6, 6.07) is 6.56. The van der Waals surface area contributed by atoms with Gasteiger partial charge in [-0.25, -0.2) is 18.4 Å². The number of amides is 1. The summed E-state index contributed by atoms with van der Waals surface area (Å²) in [5.41, 5.74) is 0.528. The predicted octanol–water partition coefficient (Wildman–Crippen LogP) is 0.848. The maximum Gasteiger partial charge on any atom is 0.335 e. The van der Waals surface area contributed by atoms with Gasteiger partial charge in [0.05, 0.1) is 10.5 Å². The van der Waals surface area contributed by atoms with Crippen LogP contribution in [0.25, 0.3) is 0 Å². The van der Waals surface area contributed by atoms with Crippen molar-refractivity contribution in [3.63, 3.8) is 0 Å². The molecule has 21 heavy (non-hydrogen) atoms. The van der Waals surface area contributed by atoms with Gasteiger partial charge in [0.2, 0.25) is 10.0 Å². The topological polar surface area (TPSA) is 119 Å². The lowest BCUT2D eigenvalue weighted by molar-refractivity contribution is 0.102. The third kappa shape index (κ3) is 3.56. The monoisotopic (exact) mass is 308 g/mol. The van der Waals surface area contributed by atoms with Crippen molar-refractivity contribution in [3.05, 3.63) is 58.1 Å². The van der Waals surface area contributed by atoms with Crippen LogP contribution in [-0.2, 0) is 10.0 Å². The molecule has 3 N–H and O–H groups in total. The second-order valence-electron chi connectivity index (χ2n) is 4.32. The third-order valence-electron chi connectivity index (χ3n) is 2.75. The largest absolute Gasteiger partial charge is 0.430 e. The Balaban J connectivity index is 2.33. The molecule has 2 aromatic rings. The van der Waals surface area contributed by atoms with E-state index in [0.29, 0.717) is 11.3 Å². The summed E-state index contributed by atoms with van der Waals surface area (Å²) in [6.07, 6.45) is 1.02. The van der Waals surface area contributed by atoms with Crippen molar-refractivity contribution in [2.75, 3.05) is 5.32 Å². The van der Waals surface area contributed by atoms with E-state index < -0.39 is 21.6 Å². The van der Waals surface area contributed by atoms with Crippen LogP contribution >= 0.6 is 0 Å². The number of nitrogens with two attached hydrogens (primary N) is 1. The molecule has 0 atom stereocenters. The van der Waals surface area contributed by atoms with Crippen LogP contribution < -0.4 is 16.1 Å². The van der Waals surface area contributed by atoms with Crippen LogP contribution in [0, 0.1) is 6.92 Å². The highest BCUT2D eigenvalue weighted by Gasteiger charge is 2.13. The van der Waals surface area contributed by atoms with Crippen molar-refractivity contribution in [2.24, 2.45) is 5.14 Å². The summed E-state index contributed by atoms with van der Waals surface area (Å²) in [6.45, 7) is 1.70. The number of hydrogen-bond donors (Lipinski definition) is 2. The molecule has 0 spiro atoms. The zero-order valence-corrected chi connectivity index (χ0v) is 11.8. The number of rotatable bonds is 3. The lowest BCUT2D eigenvalue weighted by Crippen LogP contribution is -2.16. The lowest BCUT2D eigenvalue weighted by Gasteiger charge is -2.09. The van der Waals surface area contributed by atoms with E-state index in [2.05, 4.69) is 9.73 Å². The van der Waals surface area contributed by atoms with E-state index in [1.165, 1.54) is 24.3 Å². The Morgan fingerprint density at radius 2 is 1.95 bits per heavy atom. The third-order valence-corrected chi connectivity index (χ3v) is 3.66. The summed E-state index contributed by atoms with van der Waals surface area (Å²) in [5, 5.41) is 7.58. The van der Waals surface area contributed by atoms with E-state index >= 15 is 0 Å². The maximum absolute atomic E-state index is 12.0. The van der Waals surface area contributed by atoms with Crippen LogP contribution in [0.15, 0.2) is 50.7 Å². The molecule has 0 saturated carbocycles. The summed E-state index contributed by atoms with van der Waals surface area (Å²) < 4.78 is 27.2. The number of carbonyl (C=O) groups excluding carboxylic acids is 1. The molecule has 0 aliphatic carbocycles. The fourth-order valence-corrected chi connectivity index (χ4v) is 2.13. The van der Waals surface area contributed by atoms with Crippen LogP contribution in [0.4, 0.5) is 5.69 Å². The van der Waals surface area contributed by atoms with Gasteiger partial charge in [0, 0.05) is 11.8 Å². The van der Waals surface area contributed by atoms with Gasteiger partial charge in [0.1, 0.15) is 6.26 Å². The smallest absolute Gasteiger partial charge is 0.335 e. The average Bonchev–Trinajstić information content (AvgIpc) is 2.40. The van der Waals surface area contributed by atoms with Gasteiger partial charge in [0.15, 0.2) is 0 Å². The molecule has 0 aliphatic rings. The summed E-state index contributed by atoms with van der Waals surface area (Å²) in [4.78, 5) is 22.7. The van der Waals surface area contributed by atoms with Gasteiger partial charge in [-0.3, -0.25) is 4.79 Å². The minimum Gasteiger partial charge on any atom is -0.430 e. The number of aryl methyl sites for hydroxylation is 1. The van der Waals surface area contributed by atoms with E-state index in [1.54, 1.807) is 6.92 Å². The second kappa shape index (κ2) is 5.51. The first-order valence-corrected chi connectivity index (χ1v) is 7.35. The number of sulfonamides is 1. The highest BCUT2D eigenvalue weighted by atomic mass is 32.2. The van der Waals surface area contributed by atoms with Gasteiger partial charge >= 0.3 is 5.63 Å². The van der Waals surface area contributed by atoms with Crippen LogP contribution in [0.1, 0.15) is 15.9 Å². The molecular weight excluding hydrogens is 296 g/mol. The molecule has 1 amide bonds. The molecule has 0 fully saturated rings. The number of primary sulfonamides is 1. The SMILES string of the molecule is Cc1ccc(S(N)(=O)=O)cc1NC(=O)c1ccc(=O)oc1. The zero-order chi connectivity index (χ0) is 15.6. The van der Waals surface area contributed by atoms with Crippen molar-refractivity contribution < 1.29 is 17.6 Å². The number of nitrogens with one attached hydrogen (secondary N) is 1. The molecule has 0 unspecified atom stereocenters. The van der Waals surface area contributed by atoms with E-state index in [0.717, 1.165) is 12.3 Å². The fourth-order valence-electron chi connectivity index (χ4n) is 1.59. The molecule has 2 rings (SSSR count). The fraction of sp³-hybridized carbons (Fsp3) is 0.0769. The molecular formula is C13H12N2O5S. The minimum atomic E-state index is -3.86. The van der Waals surface area contributed by atoms with Crippen molar-refractivity contribution in [3.8, 4) is 0 Å². The summed E-state index contributed by atoms with van der Waals surface area (Å²) in [5.74, 6) is -0.534. The normalized spacial score (nSPS) is 11.1. The summed E-state index contributed by atoms with van der Waals surface area (Å²) in [7, 11) is -3.86. The van der Waals surface area contributed by atoms with Crippen LogP contribution in [0.3, 0.4) is 0 Å². The van der Waals surface area contributed by atoms with E-state index in [-0.39, 0.29) is 10.5 Å². The van der Waals surface area contributed by atoms with Gasteiger partial charge in [-0.2, -0.15) is 0 Å². The molecule has 110 valence electrons. The number of carbonyl (C=O) groups is 1. The molecule has 0 aliphatic heterocycles. The first-order valence-electron chi connectivity index (χ1n) is 5.81. The van der Waals surface area contributed by atoms with E-state index in [1.807, 2.05) is 0 Å². The standard InChI is InChI=1S/C13H12N2O5S/c1-8-2-4-10(21(14,18)19)6-11(8)15-13(17)9-3-5-12(16)20-7-9/h2-7H,1H3,(H,15,17)(H2,14,18,19). The highest BCUT2D eigenvalue weighted by Crippen LogP contribution is 2.20. The lowest BCUT2D eigenvalue weighted by atomic mass is 10.2. The second-order valence-corrected chi connectivity index (χ2v) is 5.88. The van der Waals surface area contributed by atoms with Crippen LogP contribution in [0.2, 0.25) is 0 Å². The Bertz CT molecular complexity index is 835. The molecule has 1 aromatic heterocycles. The van der Waals surface area contributed by atoms with Crippen LogP contribution in [-0.4, -0.2) is 14.3 Å². The van der Waals surface area contributed by atoms with Gasteiger partial charge in [-0.1, -0.05) is 6.07 Å². The van der Waals surface area contributed by atoms with E-state index in [9.17, 15) is 18.0 Å². The van der Waals surface area contributed by atoms with Gasteiger partial charge < -0.3 is 9.73 Å². The van der Waals surface area contributed by atoms with Gasteiger partial charge in [-0.05, 0) is 30.7 Å². The molecule has 7 nitrogen and oxygen atoms in total. The molecule has 1 heterocycles. The quantitative estimate of drug-likeness (QED) is 0.871. The van der Waals surface area contributed by atoms with Crippen molar-refractivity contribution in [1.82, 2.24) is 0 Å². The Hall–Kier alpha value is -2.45.